The molecule has 0 spiro atoms. The Hall–Kier alpha value is -2.48. The van der Waals surface area contributed by atoms with E-state index < -0.39 is 11.7 Å². The number of pyridine rings is 2. The Kier molecular flexibility index (Phi) is 3.76. The molecule has 112 valence electrons. The molecule has 0 aliphatic carbocycles. The van der Waals surface area contributed by atoms with Crippen molar-refractivity contribution in [3.8, 4) is 11.4 Å². The summed E-state index contributed by atoms with van der Waals surface area (Å²) >= 11 is 1.27. The lowest BCUT2D eigenvalue weighted by atomic mass is 10.2. The smallest absolute Gasteiger partial charge is 0.316 e. The van der Waals surface area contributed by atoms with E-state index in [0.29, 0.717) is 16.5 Å². The first-order valence-electron chi connectivity index (χ1n) is 6.19. The second-order valence-electron chi connectivity index (χ2n) is 4.31. The third kappa shape index (κ3) is 3.22. The molecule has 1 N–H and O–H groups in total. The van der Waals surface area contributed by atoms with Gasteiger partial charge in [0.1, 0.15) is 11.5 Å². The van der Waals surface area contributed by atoms with E-state index >= 15 is 0 Å². The first-order valence-corrected chi connectivity index (χ1v) is 7.07. The highest BCUT2D eigenvalue weighted by atomic mass is 32.1. The van der Waals surface area contributed by atoms with Crippen LogP contribution in [0.3, 0.4) is 0 Å². The number of halogens is 3. The van der Waals surface area contributed by atoms with Gasteiger partial charge in [-0.05, 0) is 24.3 Å². The summed E-state index contributed by atoms with van der Waals surface area (Å²) in [5.74, 6) is 0.0942. The van der Waals surface area contributed by atoms with Crippen LogP contribution in [0.1, 0.15) is 5.56 Å². The van der Waals surface area contributed by atoms with Crippen LogP contribution in [0.25, 0.3) is 11.4 Å². The van der Waals surface area contributed by atoms with Gasteiger partial charge in [0.05, 0.1) is 11.3 Å². The molecule has 22 heavy (non-hydrogen) atoms. The van der Waals surface area contributed by atoms with Crippen LogP contribution in [0, 0.1) is 0 Å². The molecule has 0 aromatic carbocycles. The minimum atomic E-state index is -4.40. The Labute approximate surface area is 127 Å². The molecule has 0 fully saturated rings. The summed E-state index contributed by atoms with van der Waals surface area (Å²) < 4.78 is 38.0. The lowest BCUT2D eigenvalue weighted by Gasteiger charge is -2.08. The number of alkyl halides is 3. The SMILES string of the molecule is FC(F)(F)c1ccnc(Nc2nc(-c3ccccn3)cs2)c1. The fraction of sp³-hybridized carbons (Fsp3) is 0.0714. The molecule has 0 amide bonds. The molecule has 4 nitrogen and oxygen atoms in total. The van der Waals surface area contributed by atoms with Gasteiger partial charge in [0.25, 0.3) is 0 Å². The van der Waals surface area contributed by atoms with E-state index in [-0.39, 0.29) is 5.82 Å². The second kappa shape index (κ2) is 5.72. The van der Waals surface area contributed by atoms with Gasteiger partial charge in [-0.1, -0.05) is 6.07 Å². The molecule has 0 aliphatic rings. The standard InChI is InChI=1S/C14H9F3N4S/c15-14(16,17)9-4-6-19-12(7-9)21-13-20-11(8-22-13)10-3-1-2-5-18-10/h1-8H,(H,19,20,21). The highest BCUT2D eigenvalue weighted by Crippen LogP contribution is 2.31. The maximum atomic E-state index is 12.7. The first-order chi connectivity index (χ1) is 10.5. The third-order valence-corrected chi connectivity index (χ3v) is 3.51. The van der Waals surface area contributed by atoms with Crippen LogP contribution in [-0.2, 0) is 6.18 Å². The van der Waals surface area contributed by atoms with Crippen LogP contribution in [0.5, 0.6) is 0 Å². The molecule has 8 heteroatoms. The number of hydrogen-bond donors (Lipinski definition) is 1. The molecular weight excluding hydrogens is 313 g/mol. The number of nitrogens with one attached hydrogen (secondary N) is 1. The van der Waals surface area contributed by atoms with Crippen LogP contribution in [0.15, 0.2) is 48.1 Å². The predicted octanol–water partition coefficient (Wildman–Crippen LogP) is 4.36. The van der Waals surface area contributed by atoms with Crippen LogP contribution >= 0.6 is 11.3 Å². The fourth-order valence-electron chi connectivity index (χ4n) is 1.75. The largest absolute Gasteiger partial charge is 0.416 e. The van der Waals surface area contributed by atoms with Gasteiger partial charge < -0.3 is 5.32 Å². The van der Waals surface area contributed by atoms with E-state index in [1.165, 1.54) is 11.3 Å². The monoisotopic (exact) mass is 322 g/mol. The van der Waals surface area contributed by atoms with E-state index in [4.69, 9.17) is 0 Å². The number of thiazole rings is 1. The van der Waals surface area contributed by atoms with Crippen molar-refractivity contribution in [2.45, 2.75) is 6.18 Å². The number of nitrogens with zero attached hydrogens (tertiary/aromatic N) is 3. The van der Waals surface area contributed by atoms with Gasteiger partial charge in [0, 0.05) is 17.8 Å². The third-order valence-electron chi connectivity index (χ3n) is 2.75. The summed E-state index contributed by atoms with van der Waals surface area (Å²) in [6.07, 6.45) is -1.64. The van der Waals surface area contributed by atoms with Crippen LogP contribution in [0.2, 0.25) is 0 Å². The van der Waals surface area contributed by atoms with Crippen molar-refractivity contribution >= 4 is 22.3 Å². The van der Waals surface area contributed by atoms with Gasteiger partial charge in [0.15, 0.2) is 5.13 Å². The van der Waals surface area contributed by atoms with E-state index in [0.717, 1.165) is 18.3 Å². The molecule has 0 radical (unpaired) electrons. The maximum Gasteiger partial charge on any atom is 0.416 e. The Morgan fingerprint density at radius 2 is 1.86 bits per heavy atom. The van der Waals surface area contributed by atoms with Gasteiger partial charge in [-0.3, -0.25) is 4.98 Å². The topological polar surface area (TPSA) is 50.7 Å². The Morgan fingerprint density at radius 3 is 2.59 bits per heavy atom. The molecular formula is C14H9F3N4S. The number of hydrogen-bond acceptors (Lipinski definition) is 5. The van der Waals surface area contributed by atoms with E-state index in [1.807, 2.05) is 6.07 Å². The number of anilines is 2. The van der Waals surface area contributed by atoms with Crippen LogP contribution in [-0.4, -0.2) is 15.0 Å². The quantitative estimate of drug-likeness (QED) is 0.778. The van der Waals surface area contributed by atoms with Gasteiger partial charge in [0.2, 0.25) is 0 Å². The molecule has 0 aliphatic heterocycles. The Bertz CT molecular complexity index is 771. The van der Waals surface area contributed by atoms with Crippen molar-refractivity contribution < 1.29 is 13.2 Å². The fourth-order valence-corrected chi connectivity index (χ4v) is 2.46. The Morgan fingerprint density at radius 1 is 1.00 bits per heavy atom. The highest BCUT2D eigenvalue weighted by molar-refractivity contribution is 7.14. The summed E-state index contributed by atoms with van der Waals surface area (Å²) in [5, 5.41) is 5.00. The lowest BCUT2D eigenvalue weighted by Crippen LogP contribution is -2.06. The van der Waals surface area contributed by atoms with Gasteiger partial charge in [-0.2, -0.15) is 13.2 Å². The number of rotatable bonds is 3. The average molecular weight is 322 g/mol. The average Bonchev–Trinajstić information content (AvgIpc) is 2.96. The summed E-state index contributed by atoms with van der Waals surface area (Å²) in [6, 6.07) is 7.31. The summed E-state index contributed by atoms with van der Waals surface area (Å²) in [4.78, 5) is 12.3. The Balaban J connectivity index is 1.81. The minimum Gasteiger partial charge on any atom is -0.316 e. The van der Waals surface area contributed by atoms with E-state index in [2.05, 4.69) is 20.3 Å². The van der Waals surface area contributed by atoms with Gasteiger partial charge in [-0.25, -0.2) is 9.97 Å². The maximum absolute atomic E-state index is 12.7. The normalized spacial score (nSPS) is 11.4. The molecule has 0 atom stereocenters. The van der Waals surface area contributed by atoms with Gasteiger partial charge >= 0.3 is 6.18 Å². The molecule has 3 heterocycles. The van der Waals surface area contributed by atoms with Crippen molar-refractivity contribution in [3.63, 3.8) is 0 Å². The summed E-state index contributed by atoms with van der Waals surface area (Å²) in [7, 11) is 0. The molecule has 3 rings (SSSR count). The highest BCUT2D eigenvalue weighted by Gasteiger charge is 2.30. The number of aromatic nitrogens is 3. The van der Waals surface area contributed by atoms with Crippen LogP contribution in [0.4, 0.5) is 24.1 Å². The predicted molar refractivity (Wildman–Crippen MR) is 77.9 cm³/mol. The van der Waals surface area contributed by atoms with Crippen LogP contribution < -0.4 is 5.32 Å². The zero-order valence-corrected chi connectivity index (χ0v) is 11.8. The van der Waals surface area contributed by atoms with Gasteiger partial charge in [-0.15, -0.1) is 11.3 Å². The molecule has 0 bridgehead atoms. The lowest BCUT2D eigenvalue weighted by molar-refractivity contribution is -0.137. The zero-order chi connectivity index (χ0) is 15.6. The van der Waals surface area contributed by atoms with Crippen molar-refractivity contribution in [1.82, 2.24) is 15.0 Å². The summed E-state index contributed by atoms with van der Waals surface area (Å²) in [5.41, 5.74) is 0.593. The molecule has 0 saturated heterocycles. The van der Waals surface area contributed by atoms with Crippen molar-refractivity contribution in [3.05, 3.63) is 53.7 Å². The summed E-state index contributed by atoms with van der Waals surface area (Å²) in [6.45, 7) is 0. The van der Waals surface area contributed by atoms with Crippen molar-refractivity contribution in [2.75, 3.05) is 5.32 Å². The van der Waals surface area contributed by atoms with E-state index in [9.17, 15) is 13.2 Å². The van der Waals surface area contributed by atoms with Crippen molar-refractivity contribution in [2.24, 2.45) is 0 Å². The van der Waals surface area contributed by atoms with Crippen molar-refractivity contribution in [1.29, 1.82) is 0 Å². The molecule has 3 aromatic heterocycles. The van der Waals surface area contributed by atoms with E-state index in [1.54, 1.807) is 23.7 Å². The molecule has 3 aromatic rings. The first kappa shape index (κ1) is 14.5. The minimum absolute atomic E-state index is 0.0942. The second-order valence-corrected chi connectivity index (χ2v) is 5.16. The molecule has 0 unspecified atom stereocenters. The molecule has 0 saturated carbocycles. The zero-order valence-electron chi connectivity index (χ0n) is 11.0.